The number of aryl methyl sites for hydroxylation is 1. The molecule has 2 saturated carbocycles. The van der Waals surface area contributed by atoms with Crippen molar-refractivity contribution in [3.63, 3.8) is 0 Å². The molecule has 1 heterocycles. The predicted octanol–water partition coefficient (Wildman–Crippen LogP) is 2.52. The number of nitrogens with zero attached hydrogens (tertiary/aromatic N) is 2. The van der Waals surface area contributed by atoms with Gasteiger partial charge in [0, 0.05) is 7.05 Å². The Morgan fingerprint density at radius 1 is 1.42 bits per heavy atom. The third-order valence-electron chi connectivity index (χ3n) is 4.83. The molecule has 4 heteroatoms. The van der Waals surface area contributed by atoms with E-state index in [2.05, 4.69) is 17.3 Å². The molecule has 3 atom stereocenters. The van der Waals surface area contributed by atoms with E-state index in [0.29, 0.717) is 6.04 Å². The van der Waals surface area contributed by atoms with Crippen molar-refractivity contribution >= 4 is 0 Å². The highest BCUT2D eigenvalue weighted by Gasteiger charge is 2.48. The third kappa shape index (κ3) is 2.38. The molecule has 0 radical (unpaired) electrons. The average Bonchev–Trinajstić information content (AvgIpc) is 2.85. The monoisotopic (exact) mass is 263 g/mol. The summed E-state index contributed by atoms with van der Waals surface area (Å²) in [5, 5.41) is 8.10. The Bertz CT molecular complexity index is 433. The molecule has 2 fully saturated rings. The fourth-order valence-corrected chi connectivity index (χ4v) is 3.76. The molecule has 1 aromatic heterocycles. The Kier molecular flexibility index (Phi) is 3.52. The van der Waals surface area contributed by atoms with E-state index in [0.717, 1.165) is 36.5 Å². The third-order valence-corrected chi connectivity index (χ3v) is 4.83. The number of fused-ring (bicyclic) bond motifs is 1. The minimum absolute atomic E-state index is 0.398. The highest BCUT2D eigenvalue weighted by molar-refractivity contribution is 5.29. The second-order valence-electron chi connectivity index (χ2n) is 6.14. The largest absolute Gasteiger partial charge is 0.493 e. The van der Waals surface area contributed by atoms with Gasteiger partial charge in [0.05, 0.1) is 25.0 Å². The molecule has 0 aliphatic heterocycles. The van der Waals surface area contributed by atoms with Crippen molar-refractivity contribution in [2.45, 2.75) is 38.6 Å². The van der Waals surface area contributed by atoms with E-state index in [4.69, 9.17) is 4.74 Å². The summed E-state index contributed by atoms with van der Waals surface area (Å²) in [6.45, 7) is 3.28. The molecule has 3 rings (SSSR count). The predicted molar refractivity (Wildman–Crippen MR) is 75.1 cm³/mol. The molecule has 0 bridgehead atoms. The summed E-state index contributed by atoms with van der Waals surface area (Å²) in [6.07, 6.45) is 7.22. The lowest BCUT2D eigenvalue weighted by Gasteiger charge is -2.27. The SMILES string of the molecule is CCCNC(c1c(OC)cnn1C)C1CC2CC2C1. The molecular weight excluding hydrogens is 238 g/mol. The van der Waals surface area contributed by atoms with Gasteiger partial charge < -0.3 is 10.1 Å². The van der Waals surface area contributed by atoms with Crippen molar-refractivity contribution in [1.29, 1.82) is 0 Å². The zero-order chi connectivity index (χ0) is 13.4. The summed E-state index contributed by atoms with van der Waals surface area (Å²) in [5.74, 6) is 3.70. The molecule has 2 aliphatic carbocycles. The minimum atomic E-state index is 0.398. The number of hydrogen-bond acceptors (Lipinski definition) is 3. The second kappa shape index (κ2) is 5.16. The van der Waals surface area contributed by atoms with Crippen LogP contribution in [0, 0.1) is 17.8 Å². The van der Waals surface area contributed by atoms with E-state index in [1.165, 1.54) is 25.0 Å². The zero-order valence-electron chi connectivity index (χ0n) is 12.2. The fourth-order valence-electron chi connectivity index (χ4n) is 3.76. The lowest BCUT2D eigenvalue weighted by atomic mass is 9.91. The van der Waals surface area contributed by atoms with Crippen molar-refractivity contribution < 1.29 is 4.74 Å². The highest BCUT2D eigenvalue weighted by Crippen LogP contribution is 2.57. The average molecular weight is 263 g/mol. The second-order valence-corrected chi connectivity index (χ2v) is 6.14. The van der Waals surface area contributed by atoms with Crippen molar-refractivity contribution in [3.8, 4) is 5.75 Å². The molecular formula is C15H25N3O. The first-order valence-corrected chi connectivity index (χ1v) is 7.53. The van der Waals surface area contributed by atoms with Crippen LogP contribution in [0.2, 0.25) is 0 Å². The molecule has 19 heavy (non-hydrogen) atoms. The normalized spacial score (nSPS) is 30.2. The molecule has 0 spiro atoms. The number of methoxy groups -OCH3 is 1. The number of ether oxygens (including phenoxy) is 1. The maximum Gasteiger partial charge on any atom is 0.161 e. The first-order chi connectivity index (χ1) is 9.24. The maximum absolute atomic E-state index is 5.50. The highest BCUT2D eigenvalue weighted by atomic mass is 16.5. The van der Waals surface area contributed by atoms with Gasteiger partial charge in [-0.25, -0.2) is 0 Å². The van der Waals surface area contributed by atoms with Gasteiger partial charge in [-0.15, -0.1) is 0 Å². The van der Waals surface area contributed by atoms with Gasteiger partial charge >= 0.3 is 0 Å². The Balaban J connectivity index is 1.82. The number of nitrogens with one attached hydrogen (secondary N) is 1. The van der Waals surface area contributed by atoms with Gasteiger partial charge in [0.25, 0.3) is 0 Å². The minimum Gasteiger partial charge on any atom is -0.493 e. The van der Waals surface area contributed by atoms with E-state index in [1.807, 2.05) is 17.9 Å². The van der Waals surface area contributed by atoms with Gasteiger partial charge in [-0.2, -0.15) is 5.10 Å². The molecule has 1 N–H and O–H groups in total. The lowest BCUT2D eigenvalue weighted by Crippen LogP contribution is -2.30. The van der Waals surface area contributed by atoms with Crippen LogP contribution in [-0.4, -0.2) is 23.4 Å². The molecule has 1 aromatic rings. The zero-order valence-corrected chi connectivity index (χ0v) is 12.2. The van der Waals surface area contributed by atoms with Crippen LogP contribution in [-0.2, 0) is 7.05 Å². The Labute approximate surface area is 115 Å². The van der Waals surface area contributed by atoms with Crippen molar-refractivity contribution in [3.05, 3.63) is 11.9 Å². The van der Waals surface area contributed by atoms with Crippen LogP contribution in [0.25, 0.3) is 0 Å². The smallest absolute Gasteiger partial charge is 0.161 e. The van der Waals surface area contributed by atoms with Crippen LogP contribution in [0.5, 0.6) is 5.75 Å². The first kappa shape index (κ1) is 13.0. The Morgan fingerprint density at radius 3 is 2.79 bits per heavy atom. The number of aromatic nitrogens is 2. The van der Waals surface area contributed by atoms with E-state index >= 15 is 0 Å². The van der Waals surface area contributed by atoms with Crippen LogP contribution < -0.4 is 10.1 Å². The fraction of sp³-hybridized carbons (Fsp3) is 0.800. The van der Waals surface area contributed by atoms with E-state index < -0.39 is 0 Å². The van der Waals surface area contributed by atoms with Crippen molar-refractivity contribution in [2.24, 2.45) is 24.8 Å². The first-order valence-electron chi connectivity index (χ1n) is 7.53. The van der Waals surface area contributed by atoms with Crippen LogP contribution in [0.4, 0.5) is 0 Å². The summed E-state index contributed by atoms with van der Waals surface area (Å²) in [7, 11) is 3.76. The van der Waals surface area contributed by atoms with Crippen LogP contribution in [0.3, 0.4) is 0 Å². The van der Waals surface area contributed by atoms with Gasteiger partial charge in [0.15, 0.2) is 5.75 Å². The number of hydrogen-bond donors (Lipinski definition) is 1. The van der Waals surface area contributed by atoms with E-state index in [-0.39, 0.29) is 0 Å². The number of rotatable bonds is 6. The molecule has 106 valence electrons. The van der Waals surface area contributed by atoms with E-state index in [1.54, 1.807) is 7.11 Å². The van der Waals surface area contributed by atoms with Crippen LogP contribution >= 0.6 is 0 Å². The van der Waals surface area contributed by atoms with E-state index in [9.17, 15) is 0 Å². The van der Waals surface area contributed by atoms with Crippen molar-refractivity contribution in [1.82, 2.24) is 15.1 Å². The lowest BCUT2D eigenvalue weighted by molar-refractivity contribution is 0.313. The van der Waals surface area contributed by atoms with Gasteiger partial charge in [-0.05, 0) is 50.0 Å². The Morgan fingerprint density at radius 2 is 2.16 bits per heavy atom. The van der Waals surface area contributed by atoms with Crippen LogP contribution in [0.15, 0.2) is 6.20 Å². The summed E-state index contributed by atoms with van der Waals surface area (Å²) >= 11 is 0. The van der Waals surface area contributed by atoms with Gasteiger partial charge in [0.1, 0.15) is 0 Å². The standard InChI is InChI=1S/C15H25N3O/c1-4-5-16-14(12-7-10-6-11(10)8-12)15-13(19-3)9-17-18(15)2/h9-12,14,16H,4-8H2,1-3H3. The van der Waals surface area contributed by atoms with Gasteiger partial charge in [0.2, 0.25) is 0 Å². The maximum atomic E-state index is 5.50. The van der Waals surface area contributed by atoms with Gasteiger partial charge in [-0.1, -0.05) is 6.92 Å². The summed E-state index contributed by atoms with van der Waals surface area (Å²) < 4.78 is 7.48. The molecule has 0 aromatic carbocycles. The summed E-state index contributed by atoms with van der Waals surface area (Å²) in [4.78, 5) is 0. The quantitative estimate of drug-likeness (QED) is 0.857. The topological polar surface area (TPSA) is 39.1 Å². The van der Waals surface area contributed by atoms with Gasteiger partial charge in [-0.3, -0.25) is 4.68 Å². The molecule has 0 saturated heterocycles. The summed E-state index contributed by atoms with van der Waals surface area (Å²) in [5.41, 5.74) is 1.22. The molecule has 3 unspecified atom stereocenters. The summed E-state index contributed by atoms with van der Waals surface area (Å²) in [6, 6.07) is 0.398. The van der Waals surface area contributed by atoms with Crippen LogP contribution in [0.1, 0.15) is 44.3 Å². The molecule has 0 amide bonds. The Hall–Kier alpha value is -1.03. The molecule has 4 nitrogen and oxygen atoms in total. The van der Waals surface area contributed by atoms with Crippen molar-refractivity contribution in [2.75, 3.05) is 13.7 Å². The molecule has 2 aliphatic rings.